The highest BCUT2D eigenvalue weighted by atomic mass is 79.9. The van der Waals surface area contributed by atoms with Crippen molar-refractivity contribution in [2.24, 2.45) is 0 Å². The first kappa shape index (κ1) is 16.4. The summed E-state index contributed by atoms with van der Waals surface area (Å²) in [6, 6.07) is 3.63. The second-order valence-corrected chi connectivity index (χ2v) is 5.60. The Balaban J connectivity index is 2.01. The molecule has 0 bridgehead atoms. The van der Waals surface area contributed by atoms with E-state index in [-0.39, 0.29) is 23.9 Å². The average Bonchev–Trinajstić information content (AvgIpc) is 3.08. The lowest BCUT2D eigenvalue weighted by atomic mass is 10.2. The zero-order valence-electron chi connectivity index (χ0n) is 10.4. The summed E-state index contributed by atoms with van der Waals surface area (Å²) < 4.78 is 78.2. The lowest BCUT2D eigenvalue weighted by Crippen LogP contribution is -2.44. The van der Waals surface area contributed by atoms with Gasteiger partial charge >= 0.3 is 12.5 Å². The molecule has 1 N–H and O–H groups in total. The molecule has 2 nitrogen and oxygen atoms in total. The molecule has 0 radical (unpaired) electrons. The predicted molar refractivity (Wildman–Crippen MR) is 65.7 cm³/mol. The Labute approximate surface area is 124 Å². The maximum Gasteiger partial charge on any atom is 0.573 e. The van der Waals surface area contributed by atoms with Gasteiger partial charge < -0.3 is 4.74 Å². The highest BCUT2D eigenvalue weighted by Gasteiger charge is 2.62. The van der Waals surface area contributed by atoms with E-state index in [0.717, 1.165) is 6.07 Å². The zero-order chi connectivity index (χ0) is 15.9. The molecule has 0 saturated heterocycles. The van der Waals surface area contributed by atoms with E-state index >= 15 is 0 Å². The monoisotopic (exact) mass is 377 g/mol. The van der Waals surface area contributed by atoms with Gasteiger partial charge in [0.25, 0.3) is 0 Å². The molecule has 1 aromatic rings. The van der Waals surface area contributed by atoms with Gasteiger partial charge in [-0.1, -0.05) is 6.07 Å². The van der Waals surface area contributed by atoms with Crippen molar-refractivity contribution < 1.29 is 31.1 Å². The number of rotatable bonds is 4. The van der Waals surface area contributed by atoms with Crippen LogP contribution in [0.4, 0.5) is 26.3 Å². The molecule has 0 aromatic heterocycles. The van der Waals surface area contributed by atoms with Gasteiger partial charge in [-0.15, -0.1) is 13.2 Å². The summed E-state index contributed by atoms with van der Waals surface area (Å²) in [5, 5.41) is 2.41. The largest absolute Gasteiger partial charge is 0.573 e. The molecule has 0 unspecified atom stereocenters. The summed E-state index contributed by atoms with van der Waals surface area (Å²) in [6.45, 7) is -0.0928. The Kier molecular flexibility index (Phi) is 4.18. The van der Waals surface area contributed by atoms with E-state index in [0.29, 0.717) is 5.56 Å². The normalized spacial score (nSPS) is 17.7. The number of benzene rings is 1. The van der Waals surface area contributed by atoms with Gasteiger partial charge in [-0.05, 0) is 46.5 Å². The van der Waals surface area contributed by atoms with Gasteiger partial charge in [0.1, 0.15) is 11.3 Å². The molecule has 1 saturated carbocycles. The number of nitrogens with one attached hydrogen (secondary N) is 1. The van der Waals surface area contributed by atoms with Crippen molar-refractivity contribution in [3.63, 3.8) is 0 Å². The lowest BCUT2D eigenvalue weighted by Gasteiger charge is -2.21. The molecule has 1 aliphatic carbocycles. The van der Waals surface area contributed by atoms with E-state index in [2.05, 4.69) is 26.0 Å². The van der Waals surface area contributed by atoms with Crippen LogP contribution in [0.5, 0.6) is 5.75 Å². The van der Waals surface area contributed by atoms with E-state index < -0.39 is 23.8 Å². The van der Waals surface area contributed by atoms with Gasteiger partial charge in [-0.25, -0.2) is 0 Å². The SMILES string of the molecule is FC(F)(F)Oc1ccc(CNC2(C(F)(F)F)CC2)cc1Br. The molecule has 0 amide bonds. The van der Waals surface area contributed by atoms with Gasteiger partial charge in [0.05, 0.1) is 4.47 Å². The summed E-state index contributed by atoms with van der Waals surface area (Å²) in [6.07, 6.45) is -9.14. The van der Waals surface area contributed by atoms with Crippen LogP contribution in [0.2, 0.25) is 0 Å². The minimum absolute atomic E-state index is 0.00688. The average molecular weight is 378 g/mol. The highest BCUT2D eigenvalue weighted by Crippen LogP contribution is 2.49. The smallest absolute Gasteiger partial charge is 0.405 e. The second kappa shape index (κ2) is 5.35. The molecule has 0 aliphatic heterocycles. The summed E-state index contributed by atoms with van der Waals surface area (Å²) >= 11 is 2.90. The Hall–Kier alpha value is -0.960. The molecule has 21 heavy (non-hydrogen) atoms. The van der Waals surface area contributed by atoms with Crippen molar-refractivity contribution in [3.8, 4) is 5.75 Å². The number of ether oxygens (including phenoxy) is 1. The van der Waals surface area contributed by atoms with Crippen LogP contribution in [0, 0.1) is 0 Å². The Bertz CT molecular complexity index is 523. The van der Waals surface area contributed by atoms with Crippen molar-refractivity contribution in [1.29, 1.82) is 0 Å². The van der Waals surface area contributed by atoms with Crippen LogP contribution in [-0.2, 0) is 6.54 Å². The fraction of sp³-hybridized carbons (Fsp3) is 0.500. The van der Waals surface area contributed by atoms with E-state index in [4.69, 9.17) is 0 Å². The van der Waals surface area contributed by atoms with Gasteiger partial charge in [0.2, 0.25) is 0 Å². The fourth-order valence-electron chi connectivity index (χ4n) is 1.82. The van der Waals surface area contributed by atoms with Gasteiger partial charge in [0.15, 0.2) is 0 Å². The number of hydrogen-bond acceptors (Lipinski definition) is 2. The maximum atomic E-state index is 12.7. The van der Waals surface area contributed by atoms with Crippen LogP contribution in [0.25, 0.3) is 0 Å². The fourth-order valence-corrected chi connectivity index (χ4v) is 2.33. The topological polar surface area (TPSA) is 21.3 Å². The van der Waals surface area contributed by atoms with E-state index in [9.17, 15) is 26.3 Å². The molecule has 1 aromatic carbocycles. The lowest BCUT2D eigenvalue weighted by molar-refractivity contribution is -0.274. The van der Waals surface area contributed by atoms with Crippen molar-refractivity contribution in [1.82, 2.24) is 5.32 Å². The molecule has 1 fully saturated rings. The van der Waals surface area contributed by atoms with Crippen molar-refractivity contribution in [2.45, 2.75) is 37.5 Å². The molecule has 9 heteroatoms. The molecule has 0 atom stereocenters. The molecule has 1 aliphatic rings. The summed E-state index contributed by atoms with van der Waals surface area (Å²) in [5.74, 6) is -0.441. The van der Waals surface area contributed by atoms with E-state index in [1.54, 1.807) is 0 Å². The number of halogens is 7. The Morgan fingerprint density at radius 2 is 1.76 bits per heavy atom. The summed E-state index contributed by atoms with van der Waals surface area (Å²) in [5.41, 5.74) is -1.44. The standard InChI is InChI=1S/C12H10BrF6NO/c13-8-5-7(1-2-9(8)21-12(17,18)19)6-20-10(3-4-10)11(14,15)16/h1-2,5,20H,3-4,6H2. The minimum Gasteiger partial charge on any atom is -0.405 e. The van der Waals surface area contributed by atoms with Crippen LogP contribution in [-0.4, -0.2) is 18.1 Å². The first-order valence-electron chi connectivity index (χ1n) is 5.88. The van der Waals surface area contributed by atoms with E-state index in [1.165, 1.54) is 12.1 Å². The maximum absolute atomic E-state index is 12.7. The minimum atomic E-state index is -4.82. The first-order valence-corrected chi connectivity index (χ1v) is 6.68. The first-order chi connectivity index (χ1) is 9.52. The van der Waals surface area contributed by atoms with Crippen LogP contribution >= 0.6 is 15.9 Å². The van der Waals surface area contributed by atoms with Crippen LogP contribution < -0.4 is 10.1 Å². The molecule has 118 valence electrons. The number of alkyl halides is 6. The molecule has 0 spiro atoms. The van der Waals surface area contributed by atoms with Crippen molar-refractivity contribution >= 4 is 15.9 Å². The van der Waals surface area contributed by atoms with Gasteiger partial charge in [0, 0.05) is 6.54 Å². The van der Waals surface area contributed by atoms with Gasteiger partial charge in [-0.2, -0.15) is 13.2 Å². The molecular weight excluding hydrogens is 368 g/mol. The Morgan fingerprint density at radius 1 is 1.14 bits per heavy atom. The molecular formula is C12H10BrF6NO. The number of hydrogen-bond donors (Lipinski definition) is 1. The quantitative estimate of drug-likeness (QED) is 0.778. The molecule has 2 rings (SSSR count). The van der Waals surface area contributed by atoms with E-state index in [1.807, 2.05) is 0 Å². The molecule has 0 heterocycles. The zero-order valence-corrected chi connectivity index (χ0v) is 12.0. The predicted octanol–water partition coefficient (Wildman–Crippen LogP) is 4.53. The third kappa shape index (κ3) is 4.03. The van der Waals surface area contributed by atoms with Crippen molar-refractivity contribution in [3.05, 3.63) is 28.2 Å². The second-order valence-electron chi connectivity index (χ2n) is 4.75. The van der Waals surface area contributed by atoms with Crippen LogP contribution in [0.3, 0.4) is 0 Å². The Morgan fingerprint density at radius 3 is 2.19 bits per heavy atom. The third-order valence-electron chi connectivity index (χ3n) is 3.15. The van der Waals surface area contributed by atoms with Crippen LogP contribution in [0.1, 0.15) is 18.4 Å². The summed E-state index contributed by atoms with van der Waals surface area (Å²) in [7, 11) is 0. The van der Waals surface area contributed by atoms with Crippen molar-refractivity contribution in [2.75, 3.05) is 0 Å². The van der Waals surface area contributed by atoms with Crippen LogP contribution in [0.15, 0.2) is 22.7 Å². The third-order valence-corrected chi connectivity index (χ3v) is 3.77. The van der Waals surface area contributed by atoms with Gasteiger partial charge in [-0.3, -0.25) is 5.32 Å². The summed E-state index contributed by atoms with van der Waals surface area (Å²) in [4.78, 5) is 0. The highest BCUT2D eigenvalue weighted by molar-refractivity contribution is 9.10.